The largest absolute Gasteiger partial charge is 0.416 e. The van der Waals surface area contributed by atoms with Crippen molar-refractivity contribution in [1.82, 2.24) is 15.5 Å². The van der Waals surface area contributed by atoms with E-state index in [1.807, 2.05) is 0 Å². The Labute approximate surface area is 213 Å². The second kappa shape index (κ2) is 10.9. The highest BCUT2D eigenvalue weighted by molar-refractivity contribution is 7.18. The van der Waals surface area contributed by atoms with Crippen LogP contribution in [0, 0.1) is 0 Å². The fraction of sp³-hybridized carbons (Fsp3) is 0.120. The van der Waals surface area contributed by atoms with Crippen LogP contribution in [0.15, 0.2) is 78.9 Å². The van der Waals surface area contributed by atoms with Crippen LogP contribution in [0.1, 0.15) is 21.5 Å². The molecule has 184 valence electrons. The van der Waals surface area contributed by atoms with E-state index in [9.17, 15) is 22.8 Å². The summed E-state index contributed by atoms with van der Waals surface area (Å²) in [6.07, 6.45) is -4.49. The number of alkyl halides is 3. The standard InChI is InChI=1S/C25H18ClF3N4O2S/c26-19-11-9-16(10-12-19)23-32-33-24(36-23)31-22(35)20(13-15-5-2-1-3-6-15)30-21(34)17-7-4-8-18(14-17)25(27,28)29/h1-12,14,20H,13H2,(H,30,34)(H,31,33,35). The van der Waals surface area contributed by atoms with Crippen LogP contribution in [0.4, 0.5) is 18.3 Å². The molecule has 0 aliphatic carbocycles. The molecule has 0 saturated carbocycles. The van der Waals surface area contributed by atoms with Crippen LogP contribution < -0.4 is 10.6 Å². The van der Waals surface area contributed by atoms with Gasteiger partial charge in [-0.05, 0) is 35.9 Å². The van der Waals surface area contributed by atoms with Crippen molar-refractivity contribution in [3.63, 3.8) is 0 Å². The van der Waals surface area contributed by atoms with Gasteiger partial charge in [-0.25, -0.2) is 0 Å². The van der Waals surface area contributed by atoms with Crippen molar-refractivity contribution in [3.05, 3.63) is 101 Å². The molecule has 4 aromatic rings. The van der Waals surface area contributed by atoms with Crippen LogP contribution in [0.2, 0.25) is 5.02 Å². The lowest BCUT2D eigenvalue weighted by atomic mass is 10.0. The summed E-state index contributed by atoms with van der Waals surface area (Å²) in [5, 5.41) is 14.6. The Morgan fingerprint density at radius 1 is 0.944 bits per heavy atom. The van der Waals surface area contributed by atoms with Gasteiger partial charge in [-0.15, -0.1) is 10.2 Å². The van der Waals surface area contributed by atoms with E-state index in [0.29, 0.717) is 10.0 Å². The van der Waals surface area contributed by atoms with Gasteiger partial charge in [0.25, 0.3) is 5.91 Å². The van der Waals surface area contributed by atoms with Gasteiger partial charge in [-0.1, -0.05) is 71.5 Å². The van der Waals surface area contributed by atoms with Crippen molar-refractivity contribution < 1.29 is 22.8 Å². The number of carbonyl (C=O) groups excluding carboxylic acids is 2. The van der Waals surface area contributed by atoms with Gasteiger partial charge >= 0.3 is 6.18 Å². The highest BCUT2D eigenvalue weighted by atomic mass is 35.5. The van der Waals surface area contributed by atoms with E-state index in [2.05, 4.69) is 20.8 Å². The monoisotopic (exact) mass is 530 g/mol. The lowest BCUT2D eigenvalue weighted by Gasteiger charge is -2.18. The Morgan fingerprint density at radius 2 is 1.67 bits per heavy atom. The summed E-state index contributed by atoms with van der Waals surface area (Å²) in [4.78, 5) is 25.9. The number of carbonyl (C=O) groups is 2. The quantitative estimate of drug-likeness (QED) is 0.313. The Bertz CT molecular complexity index is 1360. The molecule has 0 aliphatic rings. The maximum Gasteiger partial charge on any atom is 0.416 e. The highest BCUT2D eigenvalue weighted by Crippen LogP contribution is 2.30. The fourth-order valence-electron chi connectivity index (χ4n) is 3.31. The molecule has 36 heavy (non-hydrogen) atoms. The number of amides is 2. The average Bonchev–Trinajstić information content (AvgIpc) is 3.32. The van der Waals surface area contributed by atoms with E-state index in [-0.39, 0.29) is 17.1 Å². The van der Waals surface area contributed by atoms with Gasteiger partial charge in [-0.2, -0.15) is 13.2 Å². The van der Waals surface area contributed by atoms with E-state index in [1.54, 1.807) is 54.6 Å². The molecule has 0 fully saturated rings. The lowest BCUT2D eigenvalue weighted by molar-refractivity contribution is -0.137. The number of anilines is 1. The van der Waals surface area contributed by atoms with E-state index >= 15 is 0 Å². The molecule has 0 bridgehead atoms. The summed E-state index contributed by atoms with van der Waals surface area (Å²) in [5.74, 6) is -1.39. The fourth-order valence-corrected chi connectivity index (χ4v) is 4.19. The molecule has 6 nitrogen and oxygen atoms in total. The third kappa shape index (κ3) is 6.46. The first-order valence-corrected chi connectivity index (χ1v) is 11.8. The molecule has 1 aromatic heterocycles. The number of hydrogen-bond donors (Lipinski definition) is 2. The smallest absolute Gasteiger partial charge is 0.340 e. The molecule has 1 heterocycles. The molecule has 2 N–H and O–H groups in total. The molecule has 1 atom stereocenters. The van der Waals surface area contributed by atoms with E-state index in [4.69, 9.17) is 11.6 Å². The molecular weight excluding hydrogens is 513 g/mol. The summed E-state index contributed by atoms with van der Waals surface area (Å²) >= 11 is 7.04. The van der Waals surface area contributed by atoms with Crippen LogP contribution in [0.3, 0.4) is 0 Å². The molecule has 4 rings (SSSR count). The zero-order valence-corrected chi connectivity index (χ0v) is 20.0. The highest BCUT2D eigenvalue weighted by Gasteiger charge is 2.31. The van der Waals surface area contributed by atoms with Crippen LogP contribution in [0.5, 0.6) is 0 Å². The van der Waals surface area contributed by atoms with Crippen molar-refractivity contribution in [2.45, 2.75) is 18.6 Å². The van der Waals surface area contributed by atoms with E-state index < -0.39 is 29.6 Å². The number of aromatic nitrogens is 2. The number of nitrogens with one attached hydrogen (secondary N) is 2. The molecule has 0 radical (unpaired) electrons. The van der Waals surface area contributed by atoms with Gasteiger partial charge in [0.2, 0.25) is 11.0 Å². The number of hydrogen-bond acceptors (Lipinski definition) is 5. The molecule has 11 heteroatoms. The van der Waals surface area contributed by atoms with E-state index in [1.165, 1.54) is 6.07 Å². The van der Waals surface area contributed by atoms with Gasteiger partial charge in [0.1, 0.15) is 11.0 Å². The van der Waals surface area contributed by atoms with Gasteiger partial charge in [0.05, 0.1) is 5.56 Å². The predicted octanol–water partition coefficient (Wildman–Crippen LogP) is 5.86. The Hall–Kier alpha value is -3.76. The summed E-state index contributed by atoms with van der Waals surface area (Å²) in [5.41, 5.74) is 0.344. The topological polar surface area (TPSA) is 84.0 Å². The van der Waals surface area contributed by atoms with Crippen molar-refractivity contribution in [2.75, 3.05) is 5.32 Å². The summed E-state index contributed by atoms with van der Waals surface area (Å²) in [6.45, 7) is 0. The SMILES string of the molecule is O=C(NC(Cc1ccccc1)C(=O)Nc1nnc(-c2ccc(Cl)cc2)s1)c1cccc(C(F)(F)F)c1. The Balaban J connectivity index is 1.53. The Kier molecular flexibility index (Phi) is 7.66. The van der Waals surface area contributed by atoms with E-state index in [0.717, 1.165) is 40.7 Å². The number of rotatable bonds is 7. The normalized spacial score (nSPS) is 12.1. The van der Waals surface area contributed by atoms with Gasteiger partial charge in [-0.3, -0.25) is 14.9 Å². The zero-order valence-electron chi connectivity index (χ0n) is 18.4. The van der Waals surface area contributed by atoms with Crippen molar-refractivity contribution in [1.29, 1.82) is 0 Å². The third-order valence-corrected chi connectivity index (χ3v) is 6.24. The van der Waals surface area contributed by atoms with Gasteiger partial charge in [0.15, 0.2) is 0 Å². The minimum atomic E-state index is -4.60. The third-order valence-electron chi connectivity index (χ3n) is 5.10. The van der Waals surface area contributed by atoms with Crippen molar-refractivity contribution >= 4 is 39.9 Å². The van der Waals surface area contributed by atoms with Crippen LogP contribution in [0.25, 0.3) is 10.6 Å². The Morgan fingerprint density at radius 3 is 2.36 bits per heavy atom. The lowest BCUT2D eigenvalue weighted by Crippen LogP contribution is -2.45. The van der Waals surface area contributed by atoms with Crippen LogP contribution >= 0.6 is 22.9 Å². The van der Waals surface area contributed by atoms with Crippen LogP contribution in [-0.2, 0) is 17.4 Å². The first-order valence-electron chi connectivity index (χ1n) is 10.6. The first kappa shape index (κ1) is 25.3. The van der Waals surface area contributed by atoms with Gasteiger partial charge in [0, 0.05) is 22.6 Å². The minimum Gasteiger partial charge on any atom is -0.340 e. The number of nitrogens with zero attached hydrogens (tertiary/aromatic N) is 2. The molecule has 0 saturated heterocycles. The van der Waals surface area contributed by atoms with Crippen molar-refractivity contribution in [2.24, 2.45) is 0 Å². The summed E-state index contributed by atoms with van der Waals surface area (Å²) in [6, 6.07) is 18.8. The first-order chi connectivity index (χ1) is 17.2. The molecule has 3 aromatic carbocycles. The van der Waals surface area contributed by atoms with Gasteiger partial charge < -0.3 is 5.32 Å². The summed E-state index contributed by atoms with van der Waals surface area (Å²) in [7, 11) is 0. The molecule has 2 amide bonds. The zero-order chi connectivity index (χ0) is 25.7. The number of halogens is 4. The summed E-state index contributed by atoms with van der Waals surface area (Å²) < 4.78 is 39.2. The molecule has 1 unspecified atom stereocenters. The maximum atomic E-state index is 13.1. The predicted molar refractivity (Wildman–Crippen MR) is 132 cm³/mol. The molecule has 0 aliphatic heterocycles. The maximum absolute atomic E-state index is 13.1. The van der Waals surface area contributed by atoms with Crippen molar-refractivity contribution in [3.8, 4) is 10.6 Å². The molecule has 0 spiro atoms. The van der Waals surface area contributed by atoms with Crippen LogP contribution in [-0.4, -0.2) is 28.1 Å². The second-order valence-corrected chi connectivity index (χ2v) is 9.12. The molecular formula is C25H18ClF3N4O2S. The minimum absolute atomic E-state index is 0.111. The second-order valence-electron chi connectivity index (χ2n) is 7.70. The average molecular weight is 531 g/mol. The number of benzene rings is 3.